The summed E-state index contributed by atoms with van der Waals surface area (Å²) in [6, 6.07) is 0. The van der Waals surface area contributed by atoms with Crippen LogP contribution in [0.1, 0.15) is 303 Å². The van der Waals surface area contributed by atoms with Crippen LogP contribution in [0, 0.1) is 63.6 Å². The standard InChI is InChI=1S/C65H118N2O11.Gd/c1-4-6-8-10-12-14-16-18-20-22-24-26-28-30-32-34-47-67(48-35-33-31-29-27-25-23-21-19-17-15-13-11-9-7-5-2)60(68)44-45-64(75)78-51-50-77-49-46-66-65(76)55(3)59-42-40-57(53-62(71)72)38-36-56(52-61(69)70)37-39-58(41-43-59)54-63(73)74;/h56-59H,3-54H2,1-2H3,(H,66,76)(H,69,70)(H,71,72)(H,73,74);/q;+3/p-3. The molecule has 1 saturated carbocycles. The number of carbonyl (C=O) groups is 6. The van der Waals surface area contributed by atoms with Gasteiger partial charge in [0, 0.05) is 49.5 Å². The number of carbonyl (C=O) groups excluding carboxylic acids is 6. The molecular weight excluding hydrogens is 1140 g/mol. The average Bonchev–Trinajstić information content (AvgIpc) is 3.40. The maximum atomic E-state index is 13.5. The summed E-state index contributed by atoms with van der Waals surface area (Å²) in [7, 11) is 0. The second-order valence-corrected chi connectivity index (χ2v) is 23.4. The van der Waals surface area contributed by atoms with Crippen LogP contribution >= 0.6 is 0 Å². The molecule has 0 saturated heterocycles. The summed E-state index contributed by atoms with van der Waals surface area (Å²) in [4.78, 5) is 76.1. The molecule has 0 spiro atoms. The van der Waals surface area contributed by atoms with Gasteiger partial charge >= 0.3 is 45.9 Å². The monoisotopic (exact) mass is 1260 g/mol. The molecule has 0 aromatic rings. The summed E-state index contributed by atoms with van der Waals surface area (Å²) in [5.41, 5.74) is 0.318. The number of carboxylic acids is 3. The summed E-state index contributed by atoms with van der Waals surface area (Å²) in [5, 5.41) is 37.5. The molecule has 1 fully saturated rings. The minimum Gasteiger partial charge on any atom is -0.550 e. The van der Waals surface area contributed by atoms with Gasteiger partial charge in [-0.3, -0.25) is 14.4 Å². The van der Waals surface area contributed by atoms with Crippen LogP contribution in [0.3, 0.4) is 0 Å². The number of esters is 1. The quantitative estimate of drug-likeness (QED) is 0.0344. The van der Waals surface area contributed by atoms with Crippen molar-refractivity contribution in [2.24, 2.45) is 23.7 Å². The number of aliphatic carboxylic acids is 3. The van der Waals surface area contributed by atoms with Gasteiger partial charge in [-0.1, -0.05) is 213 Å². The summed E-state index contributed by atoms with van der Waals surface area (Å²) in [5.74, 6) is -5.52. The van der Waals surface area contributed by atoms with Crippen LogP contribution in [0.4, 0.5) is 0 Å². The van der Waals surface area contributed by atoms with E-state index in [2.05, 4.69) is 25.7 Å². The summed E-state index contributed by atoms with van der Waals surface area (Å²) in [6.45, 7) is 10.5. The van der Waals surface area contributed by atoms with Crippen molar-refractivity contribution in [1.29, 1.82) is 0 Å². The van der Waals surface area contributed by atoms with E-state index in [9.17, 15) is 44.1 Å². The Kier molecular flexibility index (Phi) is 53.6. The van der Waals surface area contributed by atoms with Gasteiger partial charge in [-0.05, 0) is 107 Å². The zero-order valence-corrected chi connectivity index (χ0v) is 52.6. The molecule has 13 nitrogen and oxygen atoms in total. The Labute approximate surface area is 513 Å². The van der Waals surface area contributed by atoms with Gasteiger partial charge in [-0.15, -0.1) is 0 Å². The normalized spacial score (nSPS) is 16.9. The molecule has 2 unspecified atom stereocenters. The van der Waals surface area contributed by atoms with Crippen molar-refractivity contribution in [2.45, 2.75) is 303 Å². The molecule has 1 N–H and O–H groups in total. The number of rotatable bonds is 51. The van der Waals surface area contributed by atoms with E-state index in [4.69, 9.17) is 9.47 Å². The topological polar surface area (TPSA) is 205 Å². The van der Waals surface area contributed by atoms with E-state index in [1.54, 1.807) is 0 Å². The van der Waals surface area contributed by atoms with Gasteiger partial charge in [0.1, 0.15) is 6.61 Å². The molecule has 1 aliphatic carbocycles. The van der Waals surface area contributed by atoms with Crippen LogP contribution in [-0.4, -0.2) is 80.0 Å². The van der Waals surface area contributed by atoms with Gasteiger partial charge in [-0.25, -0.2) is 0 Å². The molecule has 0 bridgehead atoms. The number of nitrogens with zero attached hydrogens (tertiary/aromatic N) is 1. The third-order valence-corrected chi connectivity index (χ3v) is 16.4. The van der Waals surface area contributed by atoms with Gasteiger partial charge in [-0.2, -0.15) is 0 Å². The van der Waals surface area contributed by atoms with Crippen molar-refractivity contribution in [3.63, 3.8) is 0 Å². The molecule has 0 heterocycles. The van der Waals surface area contributed by atoms with Crippen molar-refractivity contribution in [1.82, 2.24) is 10.2 Å². The number of nitrogens with one attached hydrogen (secondary N) is 1. The first-order chi connectivity index (χ1) is 37.9. The molecule has 14 heteroatoms. The molecule has 2 amide bonds. The van der Waals surface area contributed by atoms with Crippen LogP contribution in [0.2, 0.25) is 0 Å². The first-order valence-electron chi connectivity index (χ1n) is 32.4. The molecule has 0 aliphatic heterocycles. The Balaban J connectivity index is 0.0000608. The van der Waals surface area contributed by atoms with Gasteiger partial charge in [0.15, 0.2) is 0 Å². The number of hydrogen-bond acceptors (Lipinski definition) is 11. The molecule has 1 rings (SSSR count). The van der Waals surface area contributed by atoms with Crippen LogP contribution in [0.15, 0.2) is 12.2 Å². The molecule has 79 heavy (non-hydrogen) atoms. The first-order valence-corrected chi connectivity index (χ1v) is 32.4. The Hall–Kier alpha value is -2.16. The minimum atomic E-state index is -1.19. The second kappa shape index (κ2) is 55.1. The Morgan fingerprint density at radius 2 is 0.759 bits per heavy atom. The van der Waals surface area contributed by atoms with Crippen molar-refractivity contribution in [3.05, 3.63) is 12.2 Å². The molecule has 1 radical (unpaired) electrons. The van der Waals surface area contributed by atoms with Crippen LogP contribution in [0.25, 0.3) is 0 Å². The number of amides is 2. The average molecular weight is 1260 g/mol. The third kappa shape index (κ3) is 48.0. The van der Waals surface area contributed by atoms with Crippen molar-refractivity contribution < 1.29 is 93.5 Å². The zero-order valence-electron chi connectivity index (χ0n) is 50.4. The molecule has 0 aromatic carbocycles. The summed E-state index contributed by atoms with van der Waals surface area (Å²) in [6.07, 6.45) is 45.0. The van der Waals surface area contributed by atoms with Gasteiger partial charge in [0.2, 0.25) is 11.8 Å². The zero-order chi connectivity index (χ0) is 57.1. The fourth-order valence-corrected chi connectivity index (χ4v) is 11.4. The van der Waals surface area contributed by atoms with Crippen molar-refractivity contribution in [2.75, 3.05) is 39.5 Å². The number of hydrogen-bond donors (Lipinski definition) is 1. The maximum absolute atomic E-state index is 13.5. The number of carboxylic acid groups (broad SMARTS) is 3. The smallest absolute Gasteiger partial charge is 0.550 e. The van der Waals surface area contributed by atoms with Crippen LogP contribution in [-0.2, 0) is 38.2 Å². The molecule has 0 aromatic heterocycles. The predicted octanol–water partition coefficient (Wildman–Crippen LogP) is 12.4. The van der Waals surface area contributed by atoms with Gasteiger partial charge < -0.3 is 49.4 Å². The summed E-state index contributed by atoms with van der Waals surface area (Å²) < 4.78 is 11.0. The molecular formula is C65H115GdN2O11. The van der Waals surface area contributed by atoms with E-state index in [0.717, 1.165) is 38.8 Å². The Morgan fingerprint density at radius 1 is 0.443 bits per heavy atom. The van der Waals surface area contributed by atoms with Crippen molar-refractivity contribution >= 4 is 35.7 Å². The Morgan fingerprint density at radius 3 is 1.09 bits per heavy atom. The van der Waals surface area contributed by atoms with E-state index < -0.39 is 23.9 Å². The largest absolute Gasteiger partial charge is 3.00 e. The number of ether oxygens (including phenoxy) is 2. The fourth-order valence-electron chi connectivity index (χ4n) is 11.4. The van der Waals surface area contributed by atoms with E-state index in [1.807, 2.05) is 4.90 Å². The predicted molar refractivity (Wildman–Crippen MR) is 309 cm³/mol. The first kappa shape index (κ1) is 76.8. The SMILES string of the molecule is C=C(C(=O)NCCOCCOC(=O)CCC(=O)N(CCCCCCCCCCCCCCCCCC)CCCCCCCCCCCCCCCCCC)C1CCC(CC(=O)[O-])CCC(CC(=O)[O-])CCC(CC(=O)[O-])CC1.[Gd+3]. The number of unbranched alkanes of at least 4 members (excludes halogenated alkanes) is 30. The van der Waals surface area contributed by atoms with Crippen LogP contribution < -0.4 is 20.6 Å². The van der Waals surface area contributed by atoms with E-state index in [-0.39, 0.29) is 134 Å². The minimum absolute atomic E-state index is 0. The van der Waals surface area contributed by atoms with E-state index in [0.29, 0.717) is 56.9 Å². The molecule has 459 valence electrons. The van der Waals surface area contributed by atoms with E-state index >= 15 is 0 Å². The second-order valence-electron chi connectivity index (χ2n) is 23.4. The van der Waals surface area contributed by atoms with Gasteiger partial charge in [0.25, 0.3) is 0 Å². The Bertz CT molecular complexity index is 1480. The van der Waals surface area contributed by atoms with E-state index in [1.165, 1.54) is 180 Å². The van der Waals surface area contributed by atoms with Gasteiger partial charge in [0.05, 0.1) is 19.6 Å². The van der Waals surface area contributed by atoms with Crippen molar-refractivity contribution in [3.8, 4) is 0 Å². The third-order valence-electron chi connectivity index (χ3n) is 16.4. The molecule has 2 atom stereocenters. The fraction of sp³-hybridized carbons (Fsp3) is 0.877. The maximum Gasteiger partial charge on any atom is 3.00 e. The van der Waals surface area contributed by atoms with Crippen LogP contribution in [0.5, 0.6) is 0 Å². The molecule has 1 aliphatic rings. The summed E-state index contributed by atoms with van der Waals surface area (Å²) >= 11 is 0.